The molecule has 4 amide bonds. The Hall–Kier alpha value is -3.13. The average molecular weight is 448 g/mol. The predicted octanol–water partition coefficient (Wildman–Crippen LogP) is 3.08. The summed E-state index contributed by atoms with van der Waals surface area (Å²) in [6.45, 7) is 1.41. The average Bonchev–Trinajstić information content (AvgIpc) is 2.88. The summed E-state index contributed by atoms with van der Waals surface area (Å²) in [7, 11) is 1.51. The van der Waals surface area contributed by atoms with Crippen LogP contribution in [0.25, 0.3) is 0 Å². The summed E-state index contributed by atoms with van der Waals surface area (Å²) in [5.74, 6) is -1.41. The molecule has 1 aliphatic rings. The standard InChI is InChI=1S/C22H23ClFN3O4/c1-13(14-3-6-18(24)7-4-14)26-22(30)27-12-20(28)25-11-16(21(27)29)9-15-10-17(23)5-8-19(15)31-2/h3-8,10,13,16H,9,11-12H2,1-2H3,(H,25,28)(H,26,30). The number of amides is 4. The van der Waals surface area contributed by atoms with Crippen molar-refractivity contribution < 1.29 is 23.5 Å². The zero-order valence-electron chi connectivity index (χ0n) is 17.2. The fraction of sp³-hybridized carbons (Fsp3) is 0.318. The van der Waals surface area contributed by atoms with Gasteiger partial charge >= 0.3 is 6.03 Å². The van der Waals surface area contributed by atoms with Crippen LogP contribution < -0.4 is 15.4 Å². The second-order valence-electron chi connectivity index (χ2n) is 7.31. The van der Waals surface area contributed by atoms with E-state index in [1.54, 1.807) is 37.3 Å². The highest BCUT2D eigenvalue weighted by atomic mass is 35.5. The molecule has 2 atom stereocenters. The van der Waals surface area contributed by atoms with Gasteiger partial charge in [0.1, 0.15) is 18.1 Å². The van der Waals surface area contributed by atoms with Gasteiger partial charge in [0.25, 0.3) is 0 Å². The molecule has 164 valence electrons. The van der Waals surface area contributed by atoms with E-state index in [2.05, 4.69) is 10.6 Å². The molecule has 0 spiro atoms. The Labute approximate surface area is 184 Å². The van der Waals surface area contributed by atoms with Crippen molar-refractivity contribution in [2.75, 3.05) is 20.2 Å². The quantitative estimate of drug-likeness (QED) is 0.737. The maximum Gasteiger partial charge on any atom is 0.325 e. The van der Waals surface area contributed by atoms with Crippen LogP contribution in [-0.4, -0.2) is 42.9 Å². The molecule has 2 unspecified atom stereocenters. The molecule has 0 bridgehead atoms. The Balaban J connectivity index is 1.77. The highest BCUT2D eigenvalue weighted by Gasteiger charge is 2.35. The Morgan fingerprint density at radius 3 is 2.68 bits per heavy atom. The summed E-state index contributed by atoms with van der Waals surface area (Å²) in [6.07, 6.45) is 0.236. The number of carbonyl (C=O) groups is 3. The summed E-state index contributed by atoms with van der Waals surface area (Å²) < 4.78 is 18.5. The fourth-order valence-electron chi connectivity index (χ4n) is 3.42. The van der Waals surface area contributed by atoms with Crippen LogP contribution in [0.5, 0.6) is 5.75 Å². The number of hydrogen-bond donors (Lipinski definition) is 2. The van der Waals surface area contributed by atoms with Gasteiger partial charge in [0.15, 0.2) is 0 Å². The molecule has 2 N–H and O–H groups in total. The van der Waals surface area contributed by atoms with Crippen LogP contribution in [0.2, 0.25) is 5.02 Å². The van der Waals surface area contributed by atoms with Crippen LogP contribution in [0.4, 0.5) is 9.18 Å². The van der Waals surface area contributed by atoms with Crippen LogP contribution >= 0.6 is 11.6 Å². The largest absolute Gasteiger partial charge is 0.496 e. The van der Waals surface area contributed by atoms with Crippen LogP contribution in [0.3, 0.4) is 0 Å². The predicted molar refractivity (Wildman–Crippen MR) is 113 cm³/mol. The van der Waals surface area contributed by atoms with Crippen molar-refractivity contribution in [3.63, 3.8) is 0 Å². The molecule has 2 aromatic rings. The summed E-state index contributed by atoms with van der Waals surface area (Å²) in [6, 6.07) is 9.57. The monoisotopic (exact) mass is 447 g/mol. The molecule has 0 aromatic heterocycles. The maximum atomic E-state index is 13.1. The highest BCUT2D eigenvalue weighted by molar-refractivity contribution is 6.30. The van der Waals surface area contributed by atoms with Crippen molar-refractivity contribution in [1.29, 1.82) is 0 Å². The first-order valence-electron chi connectivity index (χ1n) is 9.75. The van der Waals surface area contributed by atoms with Crippen molar-refractivity contribution in [3.05, 3.63) is 64.4 Å². The molecule has 1 heterocycles. The number of methoxy groups -OCH3 is 1. The molecule has 1 aliphatic heterocycles. The van der Waals surface area contributed by atoms with E-state index >= 15 is 0 Å². The van der Waals surface area contributed by atoms with Crippen molar-refractivity contribution in [1.82, 2.24) is 15.5 Å². The number of urea groups is 1. The minimum Gasteiger partial charge on any atom is -0.496 e. The lowest BCUT2D eigenvalue weighted by atomic mass is 9.97. The number of hydrogen-bond acceptors (Lipinski definition) is 4. The molecule has 0 radical (unpaired) electrons. The molecule has 31 heavy (non-hydrogen) atoms. The highest BCUT2D eigenvalue weighted by Crippen LogP contribution is 2.26. The first kappa shape index (κ1) is 22.6. The van der Waals surface area contributed by atoms with Gasteiger partial charge in [-0.3, -0.25) is 14.5 Å². The molecule has 7 nitrogen and oxygen atoms in total. The number of ether oxygens (including phenoxy) is 1. The van der Waals surface area contributed by atoms with E-state index in [9.17, 15) is 18.8 Å². The number of rotatable bonds is 5. The molecule has 0 saturated carbocycles. The molecular weight excluding hydrogens is 425 g/mol. The van der Waals surface area contributed by atoms with Gasteiger partial charge in [-0.1, -0.05) is 23.7 Å². The Bertz CT molecular complexity index is 983. The zero-order valence-corrected chi connectivity index (χ0v) is 17.9. The van der Waals surface area contributed by atoms with Gasteiger partial charge < -0.3 is 15.4 Å². The zero-order chi connectivity index (χ0) is 22.5. The molecular formula is C22H23ClFN3O4. The van der Waals surface area contributed by atoms with Crippen molar-refractivity contribution in [3.8, 4) is 5.75 Å². The fourth-order valence-corrected chi connectivity index (χ4v) is 3.62. The third-order valence-electron chi connectivity index (χ3n) is 5.13. The summed E-state index contributed by atoms with van der Waals surface area (Å²) in [4.78, 5) is 39.0. The molecule has 0 aliphatic carbocycles. The Morgan fingerprint density at radius 1 is 1.29 bits per heavy atom. The third kappa shape index (κ3) is 5.52. The second-order valence-corrected chi connectivity index (χ2v) is 7.74. The number of imide groups is 1. The van der Waals surface area contributed by atoms with Crippen molar-refractivity contribution in [2.24, 2.45) is 5.92 Å². The van der Waals surface area contributed by atoms with Crippen LogP contribution in [-0.2, 0) is 16.0 Å². The lowest BCUT2D eigenvalue weighted by Gasteiger charge is -2.24. The second kappa shape index (κ2) is 9.78. The normalized spacial score (nSPS) is 17.5. The van der Waals surface area contributed by atoms with Gasteiger partial charge in [-0.15, -0.1) is 0 Å². The summed E-state index contributed by atoms with van der Waals surface area (Å²) >= 11 is 6.08. The molecule has 9 heteroatoms. The molecule has 1 saturated heterocycles. The topological polar surface area (TPSA) is 87.7 Å². The van der Waals surface area contributed by atoms with E-state index in [1.807, 2.05) is 0 Å². The van der Waals surface area contributed by atoms with Crippen LogP contribution in [0.1, 0.15) is 24.1 Å². The van der Waals surface area contributed by atoms with Gasteiger partial charge in [0.05, 0.1) is 19.1 Å². The molecule has 1 fully saturated rings. The van der Waals surface area contributed by atoms with Gasteiger partial charge in [0.2, 0.25) is 11.8 Å². The van der Waals surface area contributed by atoms with E-state index in [4.69, 9.17) is 16.3 Å². The minimum absolute atomic E-state index is 0.0879. The number of nitrogens with zero attached hydrogens (tertiary/aromatic N) is 1. The number of nitrogens with one attached hydrogen (secondary N) is 2. The first-order chi connectivity index (χ1) is 14.8. The SMILES string of the molecule is COc1ccc(Cl)cc1CC1CNC(=O)CN(C(=O)NC(C)c2ccc(F)cc2)C1=O. The van der Waals surface area contributed by atoms with E-state index in [0.29, 0.717) is 21.9 Å². The summed E-state index contributed by atoms with van der Waals surface area (Å²) in [5, 5.41) is 5.86. The van der Waals surface area contributed by atoms with Gasteiger partial charge in [-0.25, -0.2) is 9.18 Å². The first-order valence-corrected chi connectivity index (χ1v) is 10.1. The lowest BCUT2D eigenvalue weighted by Crippen LogP contribution is -2.48. The third-order valence-corrected chi connectivity index (χ3v) is 5.36. The molecule has 2 aromatic carbocycles. The van der Waals surface area contributed by atoms with E-state index in [0.717, 1.165) is 4.90 Å². The Kier molecular flexibility index (Phi) is 7.12. The summed E-state index contributed by atoms with van der Waals surface area (Å²) in [5.41, 5.74) is 1.37. The van der Waals surface area contributed by atoms with Crippen molar-refractivity contribution in [2.45, 2.75) is 19.4 Å². The van der Waals surface area contributed by atoms with Gasteiger partial charge in [0, 0.05) is 11.6 Å². The van der Waals surface area contributed by atoms with E-state index in [1.165, 1.54) is 19.2 Å². The van der Waals surface area contributed by atoms with Gasteiger partial charge in [-0.05, 0) is 54.8 Å². The van der Waals surface area contributed by atoms with Crippen molar-refractivity contribution >= 4 is 29.4 Å². The number of halogens is 2. The van der Waals surface area contributed by atoms with E-state index in [-0.39, 0.29) is 25.3 Å². The maximum absolute atomic E-state index is 13.1. The smallest absolute Gasteiger partial charge is 0.325 e. The van der Waals surface area contributed by atoms with Crippen LogP contribution in [0, 0.1) is 11.7 Å². The lowest BCUT2D eigenvalue weighted by molar-refractivity contribution is -0.133. The van der Waals surface area contributed by atoms with E-state index < -0.39 is 29.8 Å². The molecule has 3 rings (SSSR count). The minimum atomic E-state index is -0.693. The van der Waals surface area contributed by atoms with Crippen LogP contribution in [0.15, 0.2) is 42.5 Å². The number of carbonyl (C=O) groups excluding carboxylic acids is 3. The van der Waals surface area contributed by atoms with Gasteiger partial charge in [-0.2, -0.15) is 0 Å². The Morgan fingerprint density at radius 2 is 2.00 bits per heavy atom. The number of benzene rings is 2.